The monoisotopic (exact) mass is 255 g/mol. The van der Waals surface area contributed by atoms with Gasteiger partial charge in [-0.1, -0.05) is 0 Å². The van der Waals surface area contributed by atoms with E-state index in [2.05, 4.69) is 15.9 Å². The molecule has 0 aliphatic rings. The number of nitrogens with two attached hydrogens (primary N) is 1. The predicted octanol–water partition coefficient (Wildman–Crippen LogP) is 2.66. The molecule has 2 N–H and O–H groups in total. The minimum atomic E-state index is 0.470. The van der Waals surface area contributed by atoms with Crippen LogP contribution < -0.4 is 10.5 Å². The normalized spacial score (nSPS) is 10.8. The lowest BCUT2D eigenvalue weighted by Gasteiger charge is -2.06. The fourth-order valence-electron chi connectivity index (χ4n) is 1.43. The quantitative estimate of drug-likeness (QED) is 0.898. The summed E-state index contributed by atoms with van der Waals surface area (Å²) in [6.07, 6.45) is 1.64. The van der Waals surface area contributed by atoms with E-state index in [0.717, 1.165) is 21.0 Å². The molecule has 1 heterocycles. The number of hydrogen-bond donors (Lipinski definition) is 1. The second kappa shape index (κ2) is 3.63. The van der Waals surface area contributed by atoms with Gasteiger partial charge in [0, 0.05) is 16.4 Å². The molecular formula is C10H10BrNO2. The first-order valence-corrected chi connectivity index (χ1v) is 5.00. The average molecular weight is 256 g/mol. The Kier molecular flexibility index (Phi) is 2.48. The van der Waals surface area contributed by atoms with E-state index in [4.69, 9.17) is 14.9 Å². The Hall–Kier alpha value is -1.00. The van der Waals surface area contributed by atoms with Crippen molar-refractivity contribution in [2.75, 3.05) is 7.11 Å². The number of furan rings is 1. The summed E-state index contributed by atoms with van der Waals surface area (Å²) in [6, 6.07) is 3.77. The molecule has 0 unspecified atom stereocenters. The highest BCUT2D eigenvalue weighted by atomic mass is 79.9. The Morgan fingerprint density at radius 2 is 2.36 bits per heavy atom. The highest BCUT2D eigenvalue weighted by molar-refractivity contribution is 9.10. The van der Waals surface area contributed by atoms with E-state index in [1.165, 1.54) is 0 Å². The van der Waals surface area contributed by atoms with Crippen molar-refractivity contribution >= 4 is 26.9 Å². The number of halogens is 1. The van der Waals surface area contributed by atoms with Gasteiger partial charge >= 0.3 is 0 Å². The van der Waals surface area contributed by atoms with Crippen molar-refractivity contribution in [3.63, 3.8) is 0 Å². The van der Waals surface area contributed by atoms with Gasteiger partial charge in [0.15, 0.2) is 11.3 Å². The number of ether oxygens (including phenoxy) is 1. The Labute approximate surface area is 90.0 Å². The van der Waals surface area contributed by atoms with E-state index >= 15 is 0 Å². The molecule has 0 atom stereocenters. The molecule has 2 aromatic rings. The molecule has 0 radical (unpaired) electrons. The maximum atomic E-state index is 5.62. The van der Waals surface area contributed by atoms with Crippen molar-refractivity contribution in [3.8, 4) is 5.75 Å². The third-order valence-electron chi connectivity index (χ3n) is 2.15. The van der Waals surface area contributed by atoms with Gasteiger partial charge in [-0.25, -0.2) is 0 Å². The van der Waals surface area contributed by atoms with Crippen molar-refractivity contribution in [2.24, 2.45) is 5.73 Å². The lowest BCUT2D eigenvalue weighted by atomic mass is 10.1. The summed E-state index contributed by atoms with van der Waals surface area (Å²) in [4.78, 5) is 0. The number of methoxy groups -OCH3 is 1. The average Bonchev–Trinajstić information content (AvgIpc) is 2.68. The van der Waals surface area contributed by atoms with E-state index in [1.54, 1.807) is 13.4 Å². The summed E-state index contributed by atoms with van der Waals surface area (Å²) < 4.78 is 11.5. The van der Waals surface area contributed by atoms with Crippen LogP contribution in [0.2, 0.25) is 0 Å². The van der Waals surface area contributed by atoms with Crippen molar-refractivity contribution in [2.45, 2.75) is 6.54 Å². The zero-order chi connectivity index (χ0) is 10.1. The molecule has 0 saturated carbocycles. The van der Waals surface area contributed by atoms with E-state index in [1.807, 2.05) is 12.1 Å². The van der Waals surface area contributed by atoms with Gasteiger partial charge in [0.1, 0.15) is 0 Å². The lowest BCUT2D eigenvalue weighted by molar-refractivity contribution is 0.409. The first kappa shape index (κ1) is 9.55. The highest BCUT2D eigenvalue weighted by Gasteiger charge is 2.11. The summed E-state index contributed by atoms with van der Waals surface area (Å²) in [5.41, 5.74) is 7.37. The number of hydrogen-bond acceptors (Lipinski definition) is 3. The predicted molar refractivity (Wildman–Crippen MR) is 58.4 cm³/mol. The van der Waals surface area contributed by atoms with Gasteiger partial charge in [0.25, 0.3) is 0 Å². The molecule has 1 aromatic carbocycles. The number of fused-ring (bicyclic) bond motifs is 1. The summed E-state index contributed by atoms with van der Waals surface area (Å²) >= 11 is 3.49. The summed E-state index contributed by atoms with van der Waals surface area (Å²) in [6.45, 7) is 0.470. The van der Waals surface area contributed by atoms with Crippen LogP contribution in [0.1, 0.15) is 5.56 Å². The zero-order valence-electron chi connectivity index (χ0n) is 7.71. The molecule has 1 aromatic heterocycles. The Balaban J connectivity index is 2.80. The molecule has 0 saturated heterocycles. The molecule has 2 rings (SSSR count). The van der Waals surface area contributed by atoms with Gasteiger partial charge in [-0.3, -0.25) is 0 Å². The first-order chi connectivity index (χ1) is 6.77. The fourth-order valence-corrected chi connectivity index (χ4v) is 2.02. The highest BCUT2D eigenvalue weighted by Crippen LogP contribution is 2.35. The SMILES string of the molecule is COc1cc(CN)c(Br)c2ccoc12. The van der Waals surface area contributed by atoms with Crippen molar-refractivity contribution in [3.05, 3.63) is 28.4 Å². The minimum absolute atomic E-state index is 0.470. The topological polar surface area (TPSA) is 48.4 Å². The fraction of sp³-hybridized carbons (Fsp3) is 0.200. The maximum Gasteiger partial charge on any atom is 0.176 e. The second-order valence-electron chi connectivity index (χ2n) is 2.92. The van der Waals surface area contributed by atoms with Gasteiger partial charge in [-0.2, -0.15) is 0 Å². The maximum absolute atomic E-state index is 5.62. The molecule has 14 heavy (non-hydrogen) atoms. The largest absolute Gasteiger partial charge is 0.493 e. The summed E-state index contributed by atoms with van der Waals surface area (Å²) in [5, 5.41) is 0.991. The van der Waals surface area contributed by atoms with E-state index < -0.39 is 0 Å². The van der Waals surface area contributed by atoms with E-state index in [9.17, 15) is 0 Å². The minimum Gasteiger partial charge on any atom is -0.493 e. The number of rotatable bonds is 2. The van der Waals surface area contributed by atoms with Crippen LogP contribution in [-0.2, 0) is 6.54 Å². The van der Waals surface area contributed by atoms with Crippen LogP contribution in [0.3, 0.4) is 0 Å². The van der Waals surface area contributed by atoms with Crippen LogP contribution in [0.15, 0.2) is 27.3 Å². The van der Waals surface area contributed by atoms with Gasteiger partial charge < -0.3 is 14.9 Å². The van der Waals surface area contributed by atoms with Crippen LogP contribution >= 0.6 is 15.9 Å². The summed E-state index contributed by atoms with van der Waals surface area (Å²) in [5.74, 6) is 0.716. The second-order valence-corrected chi connectivity index (χ2v) is 3.71. The smallest absolute Gasteiger partial charge is 0.176 e. The lowest BCUT2D eigenvalue weighted by Crippen LogP contribution is -1.98. The molecular weight excluding hydrogens is 246 g/mol. The molecule has 0 spiro atoms. The molecule has 0 fully saturated rings. The summed E-state index contributed by atoms with van der Waals surface area (Å²) in [7, 11) is 1.62. The third kappa shape index (κ3) is 1.31. The Bertz CT molecular complexity index is 464. The molecule has 74 valence electrons. The van der Waals surface area contributed by atoms with Crippen LogP contribution in [0.5, 0.6) is 5.75 Å². The van der Waals surface area contributed by atoms with Crippen LogP contribution in [0, 0.1) is 0 Å². The van der Waals surface area contributed by atoms with Crippen LogP contribution in [0.25, 0.3) is 11.0 Å². The van der Waals surface area contributed by atoms with Crippen LogP contribution in [0.4, 0.5) is 0 Å². The Morgan fingerprint density at radius 1 is 1.57 bits per heavy atom. The van der Waals surface area contributed by atoms with Gasteiger partial charge in [0.05, 0.1) is 13.4 Å². The van der Waals surface area contributed by atoms with E-state index in [-0.39, 0.29) is 0 Å². The molecule has 0 aliphatic heterocycles. The van der Waals surface area contributed by atoms with E-state index in [0.29, 0.717) is 12.3 Å². The zero-order valence-corrected chi connectivity index (χ0v) is 9.30. The van der Waals surface area contributed by atoms with Crippen molar-refractivity contribution < 1.29 is 9.15 Å². The number of benzene rings is 1. The standard InChI is InChI=1S/C10H10BrNO2/c1-13-8-4-6(5-12)9(11)7-2-3-14-10(7)8/h2-4H,5,12H2,1H3. The molecule has 0 aliphatic carbocycles. The molecule has 0 amide bonds. The van der Waals surface area contributed by atoms with Gasteiger partial charge in [-0.15, -0.1) is 0 Å². The van der Waals surface area contributed by atoms with Crippen molar-refractivity contribution in [1.29, 1.82) is 0 Å². The Morgan fingerprint density at radius 3 is 3.00 bits per heavy atom. The van der Waals surface area contributed by atoms with Crippen molar-refractivity contribution in [1.82, 2.24) is 0 Å². The van der Waals surface area contributed by atoms with Gasteiger partial charge in [0.2, 0.25) is 0 Å². The molecule has 4 heteroatoms. The molecule has 0 bridgehead atoms. The van der Waals surface area contributed by atoms with Gasteiger partial charge in [-0.05, 0) is 33.6 Å². The third-order valence-corrected chi connectivity index (χ3v) is 3.09. The first-order valence-electron chi connectivity index (χ1n) is 4.20. The molecule has 3 nitrogen and oxygen atoms in total. The van der Waals surface area contributed by atoms with Crippen LogP contribution in [-0.4, -0.2) is 7.11 Å².